The van der Waals surface area contributed by atoms with Crippen molar-refractivity contribution in [1.29, 1.82) is 0 Å². The average Bonchev–Trinajstić information content (AvgIpc) is 2.65. The summed E-state index contributed by atoms with van der Waals surface area (Å²) in [5.41, 5.74) is 1.36. The molecule has 7 heteroatoms. The summed E-state index contributed by atoms with van der Waals surface area (Å²) in [5.74, 6) is 0.0343. The van der Waals surface area contributed by atoms with E-state index in [-0.39, 0.29) is 5.75 Å². The summed E-state index contributed by atoms with van der Waals surface area (Å²) in [6.45, 7) is 5.87. The molecule has 0 fully saturated rings. The molecule has 0 bridgehead atoms. The number of carbonyl (C=O) groups is 2. The molecule has 1 atom stereocenters. The molecule has 27 heavy (non-hydrogen) atoms. The van der Waals surface area contributed by atoms with Crippen molar-refractivity contribution >= 4 is 40.9 Å². The molecule has 0 spiro atoms. The highest BCUT2D eigenvalue weighted by Gasteiger charge is 2.19. The van der Waals surface area contributed by atoms with E-state index < -0.39 is 18.0 Å². The predicted octanol–water partition coefficient (Wildman–Crippen LogP) is 4.71. The average molecular weight is 408 g/mol. The summed E-state index contributed by atoms with van der Waals surface area (Å²) in [6.07, 6.45) is -0.906. The highest BCUT2D eigenvalue weighted by atomic mass is 35.5. The summed E-state index contributed by atoms with van der Waals surface area (Å²) in [6, 6.07) is 12.7. The van der Waals surface area contributed by atoms with Gasteiger partial charge in [-0.2, -0.15) is 0 Å². The quantitative estimate of drug-likeness (QED) is 0.507. The molecule has 0 aliphatic heterocycles. The maximum atomic E-state index is 12.2. The zero-order chi connectivity index (χ0) is 19.8. The van der Waals surface area contributed by atoms with E-state index in [9.17, 15) is 9.59 Å². The standard InChI is InChI=1S/C20H22ClNO4S/c1-4-25-15-8-10-16(11-9-15)27-12-19(23)26-14(3)20(24)22-18-7-5-6-17(21)13(18)2/h5-11,14H,4,12H2,1-3H3,(H,22,24)/t14-/m0/s1. The lowest BCUT2D eigenvalue weighted by Crippen LogP contribution is -2.30. The normalized spacial score (nSPS) is 11.6. The van der Waals surface area contributed by atoms with E-state index in [0.717, 1.165) is 16.2 Å². The van der Waals surface area contributed by atoms with Crippen molar-refractivity contribution in [3.8, 4) is 5.75 Å². The van der Waals surface area contributed by atoms with Crippen LogP contribution in [-0.4, -0.2) is 30.3 Å². The van der Waals surface area contributed by atoms with Gasteiger partial charge in [0.2, 0.25) is 0 Å². The van der Waals surface area contributed by atoms with Crippen LogP contribution < -0.4 is 10.1 Å². The number of hydrogen-bond acceptors (Lipinski definition) is 5. The van der Waals surface area contributed by atoms with Crippen LogP contribution in [0.5, 0.6) is 5.75 Å². The van der Waals surface area contributed by atoms with E-state index in [4.69, 9.17) is 21.1 Å². The van der Waals surface area contributed by atoms with Gasteiger partial charge >= 0.3 is 5.97 Å². The minimum atomic E-state index is -0.906. The molecule has 2 aromatic carbocycles. The molecule has 5 nitrogen and oxygen atoms in total. The van der Waals surface area contributed by atoms with Gasteiger partial charge in [-0.05, 0) is 62.7 Å². The van der Waals surface area contributed by atoms with Crippen LogP contribution >= 0.6 is 23.4 Å². The number of amides is 1. The summed E-state index contributed by atoms with van der Waals surface area (Å²) in [5, 5.41) is 3.29. The molecule has 0 saturated heterocycles. The zero-order valence-corrected chi connectivity index (χ0v) is 17.0. The van der Waals surface area contributed by atoms with Gasteiger partial charge in [0, 0.05) is 15.6 Å². The maximum Gasteiger partial charge on any atom is 0.317 e. The van der Waals surface area contributed by atoms with E-state index in [1.165, 1.54) is 18.7 Å². The SMILES string of the molecule is CCOc1ccc(SCC(=O)O[C@@H](C)C(=O)Nc2cccc(Cl)c2C)cc1. The number of ether oxygens (including phenoxy) is 2. The number of esters is 1. The monoisotopic (exact) mass is 407 g/mol. The van der Waals surface area contributed by atoms with Crippen LogP contribution in [0, 0.1) is 6.92 Å². The number of rotatable bonds is 8. The summed E-state index contributed by atoms with van der Waals surface area (Å²) < 4.78 is 10.6. The number of benzene rings is 2. The number of thioether (sulfide) groups is 1. The van der Waals surface area contributed by atoms with Crippen LogP contribution in [0.1, 0.15) is 19.4 Å². The molecule has 1 N–H and O–H groups in total. The molecule has 0 aliphatic rings. The Hall–Kier alpha value is -2.18. The van der Waals surface area contributed by atoms with Crippen molar-refractivity contribution in [2.24, 2.45) is 0 Å². The minimum absolute atomic E-state index is 0.113. The maximum absolute atomic E-state index is 12.2. The van der Waals surface area contributed by atoms with Gasteiger partial charge in [0.05, 0.1) is 12.4 Å². The number of halogens is 1. The number of nitrogens with one attached hydrogen (secondary N) is 1. The van der Waals surface area contributed by atoms with Gasteiger partial charge in [0.15, 0.2) is 6.10 Å². The minimum Gasteiger partial charge on any atom is -0.494 e. The zero-order valence-electron chi connectivity index (χ0n) is 15.5. The Balaban J connectivity index is 1.82. The molecule has 0 radical (unpaired) electrons. The first-order valence-corrected chi connectivity index (χ1v) is 9.88. The lowest BCUT2D eigenvalue weighted by molar-refractivity contribution is -0.150. The third-order valence-corrected chi connectivity index (χ3v) is 5.09. The highest BCUT2D eigenvalue weighted by Crippen LogP contribution is 2.24. The Morgan fingerprint density at radius 3 is 2.56 bits per heavy atom. The van der Waals surface area contributed by atoms with Gasteiger partial charge in [-0.3, -0.25) is 9.59 Å². The van der Waals surface area contributed by atoms with E-state index in [0.29, 0.717) is 17.3 Å². The lowest BCUT2D eigenvalue weighted by Gasteiger charge is -2.15. The van der Waals surface area contributed by atoms with Crippen LogP contribution in [-0.2, 0) is 14.3 Å². The summed E-state index contributed by atoms with van der Waals surface area (Å²) in [4.78, 5) is 25.2. The Labute approximate surface area is 168 Å². The van der Waals surface area contributed by atoms with Crippen LogP contribution in [0.25, 0.3) is 0 Å². The van der Waals surface area contributed by atoms with Gasteiger partial charge in [-0.1, -0.05) is 17.7 Å². The second-order valence-corrected chi connectivity index (χ2v) is 7.18. The molecule has 1 amide bonds. The molecular weight excluding hydrogens is 386 g/mol. The lowest BCUT2D eigenvalue weighted by atomic mass is 10.2. The van der Waals surface area contributed by atoms with E-state index in [1.807, 2.05) is 38.1 Å². The van der Waals surface area contributed by atoms with Crippen molar-refractivity contribution in [3.63, 3.8) is 0 Å². The smallest absolute Gasteiger partial charge is 0.317 e. The largest absolute Gasteiger partial charge is 0.494 e. The van der Waals surface area contributed by atoms with Crippen LogP contribution in [0.2, 0.25) is 5.02 Å². The Morgan fingerprint density at radius 2 is 1.89 bits per heavy atom. The first kappa shape index (κ1) is 21.1. The Kier molecular flexibility index (Phi) is 8.00. The Morgan fingerprint density at radius 1 is 1.19 bits per heavy atom. The number of anilines is 1. The van der Waals surface area contributed by atoms with Crippen LogP contribution in [0.15, 0.2) is 47.4 Å². The fraction of sp³-hybridized carbons (Fsp3) is 0.300. The molecule has 0 saturated carbocycles. The second kappa shape index (κ2) is 10.2. The van der Waals surface area contributed by atoms with Crippen molar-refractivity contribution in [3.05, 3.63) is 53.1 Å². The number of carbonyl (C=O) groups excluding carboxylic acids is 2. The van der Waals surface area contributed by atoms with Crippen LogP contribution in [0.4, 0.5) is 5.69 Å². The molecule has 0 unspecified atom stereocenters. The fourth-order valence-electron chi connectivity index (χ4n) is 2.20. The highest BCUT2D eigenvalue weighted by molar-refractivity contribution is 8.00. The molecule has 0 aliphatic carbocycles. The van der Waals surface area contributed by atoms with Crippen molar-refractivity contribution in [2.75, 3.05) is 17.7 Å². The number of hydrogen-bond donors (Lipinski definition) is 1. The molecule has 0 aromatic heterocycles. The van der Waals surface area contributed by atoms with Gasteiger partial charge in [-0.25, -0.2) is 0 Å². The molecule has 0 heterocycles. The predicted molar refractivity (Wildman–Crippen MR) is 109 cm³/mol. The molecule has 2 rings (SSSR count). The first-order valence-electron chi connectivity index (χ1n) is 8.51. The molecule has 144 valence electrons. The van der Waals surface area contributed by atoms with Crippen molar-refractivity contribution in [1.82, 2.24) is 0 Å². The van der Waals surface area contributed by atoms with Gasteiger partial charge in [0.1, 0.15) is 5.75 Å². The third kappa shape index (κ3) is 6.48. The summed E-state index contributed by atoms with van der Waals surface area (Å²) in [7, 11) is 0. The van der Waals surface area contributed by atoms with E-state index in [2.05, 4.69) is 5.32 Å². The van der Waals surface area contributed by atoms with Crippen LogP contribution in [0.3, 0.4) is 0 Å². The fourth-order valence-corrected chi connectivity index (χ4v) is 3.06. The topological polar surface area (TPSA) is 64.6 Å². The third-order valence-electron chi connectivity index (χ3n) is 3.69. The van der Waals surface area contributed by atoms with Crippen molar-refractivity contribution < 1.29 is 19.1 Å². The van der Waals surface area contributed by atoms with Gasteiger partial charge < -0.3 is 14.8 Å². The second-order valence-electron chi connectivity index (χ2n) is 5.73. The molecular formula is C20H22ClNO4S. The van der Waals surface area contributed by atoms with Crippen molar-refractivity contribution in [2.45, 2.75) is 31.8 Å². The van der Waals surface area contributed by atoms with E-state index in [1.54, 1.807) is 18.2 Å². The molecule has 2 aromatic rings. The van der Waals surface area contributed by atoms with Gasteiger partial charge in [-0.15, -0.1) is 11.8 Å². The van der Waals surface area contributed by atoms with E-state index >= 15 is 0 Å². The summed E-state index contributed by atoms with van der Waals surface area (Å²) >= 11 is 7.38. The van der Waals surface area contributed by atoms with Gasteiger partial charge in [0.25, 0.3) is 5.91 Å². The first-order chi connectivity index (χ1) is 12.9. The Bertz CT molecular complexity index is 795.